The fourth-order valence-electron chi connectivity index (χ4n) is 0.491. The first kappa shape index (κ1) is 10.3. The minimum atomic E-state index is 0.213. The first-order valence-corrected chi connectivity index (χ1v) is 5.91. The second-order valence-electron chi connectivity index (χ2n) is 2.41. The molecular formula is C7H17O2P. The summed E-state index contributed by atoms with van der Waals surface area (Å²) in [6.07, 6.45) is 1.21. The zero-order valence-electron chi connectivity index (χ0n) is 7.09. The molecule has 0 saturated heterocycles. The third-order valence-corrected chi connectivity index (χ3v) is 2.19. The van der Waals surface area contributed by atoms with Crippen LogP contribution in [-0.4, -0.2) is 46.4 Å². The maximum absolute atomic E-state index is 5.28. The zero-order valence-corrected chi connectivity index (χ0v) is 7.99. The van der Waals surface area contributed by atoms with Crippen LogP contribution in [0.1, 0.15) is 0 Å². The van der Waals surface area contributed by atoms with Gasteiger partial charge in [0.25, 0.3) is 0 Å². The molecule has 0 aromatic heterocycles. The normalized spacial score (nSPS) is 10.8. The monoisotopic (exact) mass is 164 g/mol. The molecule has 0 atom stereocenters. The molecule has 10 heavy (non-hydrogen) atoms. The van der Waals surface area contributed by atoms with Crippen molar-refractivity contribution >= 4 is 7.92 Å². The SMILES string of the molecule is COCCOCCP(C)C. The van der Waals surface area contributed by atoms with Crippen LogP contribution in [0.5, 0.6) is 0 Å². The van der Waals surface area contributed by atoms with Gasteiger partial charge in [0.05, 0.1) is 19.8 Å². The van der Waals surface area contributed by atoms with E-state index >= 15 is 0 Å². The number of methoxy groups -OCH3 is 1. The molecule has 0 unspecified atom stereocenters. The molecule has 0 spiro atoms. The van der Waals surface area contributed by atoms with E-state index in [1.807, 2.05) is 0 Å². The highest BCUT2D eigenvalue weighted by Gasteiger charge is 1.91. The molecule has 0 saturated carbocycles. The van der Waals surface area contributed by atoms with Gasteiger partial charge in [-0.3, -0.25) is 0 Å². The van der Waals surface area contributed by atoms with Crippen molar-refractivity contribution in [1.82, 2.24) is 0 Å². The highest BCUT2D eigenvalue weighted by Crippen LogP contribution is 2.22. The Kier molecular flexibility index (Phi) is 7.72. The molecule has 0 radical (unpaired) electrons. The topological polar surface area (TPSA) is 18.5 Å². The van der Waals surface area contributed by atoms with Crippen LogP contribution < -0.4 is 0 Å². The fourth-order valence-corrected chi connectivity index (χ4v) is 0.986. The number of hydrogen-bond acceptors (Lipinski definition) is 2. The predicted octanol–water partition coefficient (Wildman–Crippen LogP) is 1.39. The largest absolute Gasteiger partial charge is 0.382 e. The molecule has 0 amide bonds. The molecule has 62 valence electrons. The Bertz CT molecular complexity index is 66.6. The van der Waals surface area contributed by atoms with E-state index < -0.39 is 0 Å². The lowest BCUT2D eigenvalue weighted by atomic mass is 10.7. The highest BCUT2D eigenvalue weighted by molar-refractivity contribution is 7.55. The Morgan fingerprint density at radius 3 is 2.30 bits per heavy atom. The summed E-state index contributed by atoms with van der Waals surface area (Å²) in [5, 5.41) is 0. The number of rotatable bonds is 6. The Hall–Kier alpha value is 0.350. The van der Waals surface area contributed by atoms with Crippen molar-refractivity contribution in [3.05, 3.63) is 0 Å². The molecule has 2 nitrogen and oxygen atoms in total. The second-order valence-corrected chi connectivity index (χ2v) is 5.01. The fraction of sp³-hybridized carbons (Fsp3) is 1.00. The molecule has 0 heterocycles. The summed E-state index contributed by atoms with van der Waals surface area (Å²) < 4.78 is 10.1. The minimum absolute atomic E-state index is 0.213. The van der Waals surface area contributed by atoms with Crippen LogP contribution in [0.4, 0.5) is 0 Å². The van der Waals surface area contributed by atoms with Crippen molar-refractivity contribution in [2.45, 2.75) is 0 Å². The van der Waals surface area contributed by atoms with E-state index in [9.17, 15) is 0 Å². The zero-order chi connectivity index (χ0) is 7.82. The molecular weight excluding hydrogens is 147 g/mol. The van der Waals surface area contributed by atoms with Crippen molar-refractivity contribution in [3.8, 4) is 0 Å². The van der Waals surface area contributed by atoms with Crippen molar-refractivity contribution < 1.29 is 9.47 Å². The molecule has 0 aromatic carbocycles. The summed E-state index contributed by atoms with van der Waals surface area (Å²) >= 11 is 0. The summed E-state index contributed by atoms with van der Waals surface area (Å²) in [4.78, 5) is 0. The van der Waals surface area contributed by atoms with Crippen LogP contribution in [0.2, 0.25) is 0 Å². The van der Waals surface area contributed by atoms with E-state index in [1.54, 1.807) is 7.11 Å². The van der Waals surface area contributed by atoms with Crippen LogP contribution in [0.15, 0.2) is 0 Å². The summed E-state index contributed by atoms with van der Waals surface area (Å²) in [5.74, 6) is 0. The smallest absolute Gasteiger partial charge is 0.0700 e. The van der Waals surface area contributed by atoms with Gasteiger partial charge in [0.15, 0.2) is 0 Å². The third kappa shape index (κ3) is 8.35. The van der Waals surface area contributed by atoms with Gasteiger partial charge in [0.1, 0.15) is 0 Å². The number of hydrogen-bond donors (Lipinski definition) is 0. The van der Waals surface area contributed by atoms with E-state index in [0.717, 1.165) is 13.2 Å². The van der Waals surface area contributed by atoms with Crippen LogP contribution in [-0.2, 0) is 9.47 Å². The van der Waals surface area contributed by atoms with Gasteiger partial charge in [-0.05, 0) is 19.5 Å². The van der Waals surface area contributed by atoms with E-state index in [1.165, 1.54) is 6.16 Å². The lowest BCUT2D eigenvalue weighted by Crippen LogP contribution is -2.04. The standard InChI is InChI=1S/C7H17O2P/c1-8-4-5-9-6-7-10(2)3/h4-7H2,1-3H3. The molecule has 0 aliphatic rings. The molecule has 0 rings (SSSR count). The first-order valence-electron chi connectivity index (χ1n) is 3.48. The van der Waals surface area contributed by atoms with Crippen LogP contribution in [0, 0.1) is 0 Å². The second kappa shape index (κ2) is 7.46. The molecule has 0 aliphatic heterocycles. The van der Waals surface area contributed by atoms with Crippen molar-refractivity contribution in [3.63, 3.8) is 0 Å². The summed E-state index contributed by atoms with van der Waals surface area (Å²) in [5.41, 5.74) is 0. The Morgan fingerprint density at radius 2 is 1.80 bits per heavy atom. The van der Waals surface area contributed by atoms with Crippen molar-refractivity contribution in [2.24, 2.45) is 0 Å². The van der Waals surface area contributed by atoms with Crippen LogP contribution in [0.25, 0.3) is 0 Å². The van der Waals surface area contributed by atoms with Gasteiger partial charge in [0, 0.05) is 7.11 Å². The van der Waals surface area contributed by atoms with Gasteiger partial charge in [-0.15, -0.1) is 7.92 Å². The van der Waals surface area contributed by atoms with Gasteiger partial charge in [0.2, 0.25) is 0 Å². The molecule has 0 bridgehead atoms. The quantitative estimate of drug-likeness (QED) is 0.436. The number of ether oxygens (including phenoxy) is 2. The molecule has 0 aromatic rings. The molecule has 3 heteroatoms. The first-order chi connectivity index (χ1) is 4.77. The maximum atomic E-state index is 5.28. The average Bonchev–Trinajstić information content (AvgIpc) is 1.87. The predicted molar refractivity (Wildman–Crippen MR) is 46.3 cm³/mol. The summed E-state index contributed by atoms with van der Waals surface area (Å²) in [7, 11) is 1.90. The summed E-state index contributed by atoms with van der Waals surface area (Å²) in [6.45, 7) is 6.86. The minimum Gasteiger partial charge on any atom is -0.382 e. The van der Waals surface area contributed by atoms with Gasteiger partial charge < -0.3 is 9.47 Å². The van der Waals surface area contributed by atoms with Gasteiger partial charge >= 0.3 is 0 Å². The van der Waals surface area contributed by atoms with Crippen molar-refractivity contribution in [1.29, 1.82) is 0 Å². The van der Waals surface area contributed by atoms with E-state index in [0.29, 0.717) is 6.61 Å². The van der Waals surface area contributed by atoms with Crippen molar-refractivity contribution in [2.75, 3.05) is 46.4 Å². The van der Waals surface area contributed by atoms with Gasteiger partial charge in [-0.2, -0.15) is 0 Å². The van der Waals surface area contributed by atoms with E-state index in [4.69, 9.17) is 9.47 Å². The Labute approximate surface area is 64.7 Å². The summed E-state index contributed by atoms with van der Waals surface area (Å²) in [6, 6.07) is 0. The lowest BCUT2D eigenvalue weighted by Gasteiger charge is -2.05. The Morgan fingerprint density at radius 1 is 1.10 bits per heavy atom. The van der Waals surface area contributed by atoms with Gasteiger partial charge in [-0.1, -0.05) is 0 Å². The van der Waals surface area contributed by atoms with E-state index in [2.05, 4.69) is 13.3 Å². The molecule has 0 aliphatic carbocycles. The van der Waals surface area contributed by atoms with Crippen LogP contribution in [0.3, 0.4) is 0 Å². The lowest BCUT2D eigenvalue weighted by molar-refractivity contribution is 0.0787. The van der Waals surface area contributed by atoms with Crippen LogP contribution >= 0.6 is 7.92 Å². The Balaban J connectivity index is 2.77. The average molecular weight is 164 g/mol. The molecule has 0 N–H and O–H groups in total. The molecule has 0 fully saturated rings. The van der Waals surface area contributed by atoms with Gasteiger partial charge in [-0.25, -0.2) is 0 Å². The maximum Gasteiger partial charge on any atom is 0.0700 e. The van der Waals surface area contributed by atoms with E-state index in [-0.39, 0.29) is 7.92 Å². The third-order valence-electron chi connectivity index (χ3n) is 1.11. The highest BCUT2D eigenvalue weighted by atomic mass is 31.1.